The predicted octanol–water partition coefficient (Wildman–Crippen LogP) is 0.737. The van der Waals surface area contributed by atoms with E-state index >= 15 is 0 Å². The number of rotatable bonds is 7. The molecular weight excluding hydrogens is 246 g/mol. The maximum absolute atomic E-state index is 10.6. The van der Waals surface area contributed by atoms with Crippen molar-refractivity contribution in [3.63, 3.8) is 0 Å². The first-order chi connectivity index (χ1) is 8.90. The highest BCUT2D eigenvalue weighted by Crippen LogP contribution is 2.17. The number of nitrogens with one attached hydrogen (secondary N) is 1. The third-order valence-corrected chi connectivity index (χ3v) is 2.91. The molecule has 1 aliphatic rings. The zero-order valence-electron chi connectivity index (χ0n) is 11.5. The lowest BCUT2D eigenvalue weighted by Gasteiger charge is -2.31. The van der Waals surface area contributed by atoms with Gasteiger partial charge in [0.25, 0.3) is 0 Å². The van der Waals surface area contributed by atoms with Crippen molar-refractivity contribution >= 4 is 6.41 Å². The zero-order valence-corrected chi connectivity index (χ0v) is 11.5. The van der Waals surface area contributed by atoms with Crippen LogP contribution in [-0.2, 0) is 14.3 Å². The zero-order chi connectivity index (χ0) is 14.5. The number of hydrogen-bond donors (Lipinski definition) is 1. The summed E-state index contributed by atoms with van der Waals surface area (Å²) in [5.74, 6) is 0.348. The average molecular weight is 265 g/mol. The van der Waals surface area contributed by atoms with Gasteiger partial charge in [-0.1, -0.05) is 6.58 Å². The van der Waals surface area contributed by atoms with Gasteiger partial charge in [0, 0.05) is 13.2 Å². The second-order valence-corrected chi connectivity index (χ2v) is 4.79. The van der Waals surface area contributed by atoms with Gasteiger partial charge in [-0.3, -0.25) is 4.79 Å². The van der Waals surface area contributed by atoms with Gasteiger partial charge in [0.1, 0.15) is 17.4 Å². The third kappa shape index (κ3) is 4.00. The molecule has 6 heteroatoms. The highest BCUT2D eigenvalue weighted by atomic mass is 16.6. The molecule has 0 unspecified atom stereocenters. The molecule has 1 amide bonds. The van der Waals surface area contributed by atoms with Crippen LogP contribution in [0.25, 0.3) is 0 Å². The minimum absolute atomic E-state index is 0.0290. The molecule has 0 saturated carbocycles. The summed E-state index contributed by atoms with van der Waals surface area (Å²) in [5, 5.41) is 11.6. The van der Waals surface area contributed by atoms with Crippen LogP contribution in [0.2, 0.25) is 0 Å². The van der Waals surface area contributed by atoms with Crippen LogP contribution in [0.4, 0.5) is 0 Å². The molecular formula is C13H19N3O3. The van der Waals surface area contributed by atoms with E-state index in [9.17, 15) is 4.79 Å². The lowest BCUT2D eigenvalue weighted by molar-refractivity contribution is -0.111. The maximum atomic E-state index is 10.6. The Bertz CT molecular complexity index is 419. The first kappa shape index (κ1) is 15.1. The normalized spacial score (nSPS) is 16.0. The lowest BCUT2D eigenvalue weighted by Crippen LogP contribution is -2.38. The molecule has 0 aromatic rings. The molecule has 6 nitrogen and oxygen atoms in total. The summed E-state index contributed by atoms with van der Waals surface area (Å²) < 4.78 is 10.5. The SMILES string of the molecule is C=C(OC1COC1)/C(=C\N(C)C(C)(C)C#N)NC=O. The Morgan fingerprint density at radius 2 is 2.26 bits per heavy atom. The minimum Gasteiger partial charge on any atom is -0.484 e. The first-order valence-corrected chi connectivity index (χ1v) is 5.90. The Labute approximate surface area is 113 Å². The Balaban J connectivity index is 2.77. The smallest absolute Gasteiger partial charge is 0.211 e. The Morgan fingerprint density at radius 1 is 1.63 bits per heavy atom. The van der Waals surface area contributed by atoms with Gasteiger partial charge in [0.2, 0.25) is 6.41 Å². The summed E-state index contributed by atoms with van der Waals surface area (Å²) in [6, 6.07) is 2.17. The number of carbonyl (C=O) groups excluding carboxylic acids is 1. The maximum Gasteiger partial charge on any atom is 0.211 e. The predicted molar refractivity (Wildman–Crippen MR) is 69.6 cm³/mol. The van der Waals surface area contributed by atoms with E-state index in [-0.39, 0.29) is 6.10 Å². The van der Waals surface area contributed by atoms with Gasteiger partial charge < -0.3 is 19.7 Å². The second-order valence-electron chi connectivity index (χ2n) is 4.79. The highest BCUT2D eigenvalue weighted by molar-refractivity contribution is 5.52. The fourth-order valence-electron chi connectivity index (χ4n) is 1.23. The molecule has 0 spiro atoms. The van der Waals surface area contributed by atoms with Crippen molar-refractivity contribution < 1.29 is 14.3 Å². The molecule has 0 aromatic heterocycles. The van der Waals surface area contributed by atoms with Crippen LogP contribution in [-0.4, -0.2) is 43.2 Å². The van der Waals surface area contributed by atoms with Crippen molar-refractivity contribution in [2.45, 2.75) is 25.5 Å². The Kier molecular flexibility index (Phi) is 4.95. The van der Waals surface area contributed by atoms with E-state index in [1.54, 1.807) is 32.0 Å². The van der Waals surface area contributed by atoms with Crippen molar-refractivity contribution in [3.05, 3.63) is 24.2 Å². The van der Waals surface area contributed by atoms with Crippen LogP contribution >= 0.6 is 0 Å². The van der Waals surface area contributed by atoms with Gasteiger partial charge in [0.15, 0.2) is 0 Å². The summed E-state index contributed by atoms with van der Waals surface area (Å²) in [5.41, 5.74) is -0.275. The van der Waals surface area contributed by atoms with Crippen molar-refractivity contribution in [1.29, 1.82) is 5.26 Å². The molecule has 0 radical (unpaired) electrons. The molecule has 1 rings (SSSR count). The first-order valence-electron chi connectivity index (χ1n) is 5.90. The van der Waals surface area contributed by atoms with E-state index in [0.717, 1.165) is 0 Å². The van der Waals surface area contributed by atoms with Gasteiger partial charge in [-0.05, 0) is 13.8 Å². The largest absolute Gasteiger partial charge is 0.484 e. The van der Waals surface area contributed by atoms with Crippen molar-refractivity contribution in [2.75, 3.05) is 20.3 Å². The van der Waals surface area contributed by atoms with Crippen LogP contribution in [0.3, 0.4) is 0 Å². The molecule has 1 fully saturated rings. The molecule has 0 aromatic carbocycles. The van der Waals surface area contributed by atoms with Crippen LogP contribution < -0.4 is 5.32 Å². The number of ether oxygens (including phenoxy) is 2. The molecule has 19 heavy (non-hydrogen) atoms. The minimum atomic E-state index is -0.699. The van der Waals surface area contributed by atoms with E-state index in [2.05, 4.69) is 18.0 Å². The summed E-state index contributed by atoms with van der Waals surface area (Å²) in [7, 11) is 1.75. The van der Waals surface area contributed by atoms with Gasteiger partial charge in [-0.2, -0.15) is 5.26 Å². The number of carbonyl (C=O) groups is 1. The third-order valence-electron chi connectivity index (χ3n) is 2.91. The van der Waals surface area contributed by atoms with Crippen LogP contribution in [0, 0.1) is 11.3 Å². The molecule has 0 aliphatic carbocycles. The average Bonchev–Trinajstić information content (AvgIpc) is 2.32. The molecule has 1 heterocycles. The van der Waals surface area contributed by atoms with Crippen LogP contribution in [0.1, 0.15) is 13.8 Å². The molecule has 1 aliphatic heterocycles. The summed E-state index contributed by atoms with van der Waals surface area (Å²) in [4.78, 5) is 12.3. The van der Waals surface area contributed by atoms with Gasteiger partial charge >= 0.3 is 0 Å². The molecule has 0 bridgehead atoms. The lowest BCUT2D eigenvalue weighted by atomic mass is 10.1. The molecule has 104 valence electrons. The second kappa shape index (κ2) is 6.25. The highest BCUT2D eigenvalue weighted by Gasteiger charge is 2.24. The van der Waals surface area contributed by atoms with E-state index in [0.29, 0.717) is 31.1 Å². The molecule has 0 atom stereocenters. The van der Waals surface area contributed by atoms with Crippen LogP contribution in [0.15, 0.2) is 24.2 Å². The Hall–Kier alpha value is -2.00. The van der Waals surface area contributed by atoms with Gasteiger partial charge in [0.05, 0.1) is 25.0 Å². The number of amides is 1. The number of nitrogens with zero attached hydrogens (tertiary/aromatic N) is 2. The summed E-state index contributed by atoms with van der Waals surface area (Å²) in [6.07, 6.45) is 2.14. The van der Waals surface area contributed by atoms with E-state index in [1.165, 1.54) is 0 Å². The van der Waals surface area contributed by atoms with Gasteiger partial charge in [-0.15, -0.1) is 0 Å². The fourth-order valence-corrected chi connectivity index (χ4v) is 1.23. The van der Waals surface area contributed by atoms with E-state index < -0.39 is 5.54 Å². The monoisotopic (exact) mass is 265 g/mol. The Morgan fingerprint density at radius 3 is 2.68 bits per heavy atom. The topological polar surface area (TPSA) is 74.6 Å². The molecule has 1 saturated heterocycles. The standard InChI is InChI=1S/C13H19N3O3/c1-10(19-11-6-18-7-11)12(15-9-17)5-16(4)13(2,3)8-14/h5,9,11H,1,6-7H2,2-4H3,(H,15,17)/b12-5+. The summed E-state index contributed by atoms with van der Waals surface area (Å²) >= 11 is 0. The summed E-state index contributed by atoms with van der Waals surface area (Å²) in [6.45, 7) is 8.36. The number of hydrogen-bond acceptors (Lipinski definition) is 5. The van der Waals surface area contributed by atoms with E-state index in [4.69, 9.17) is 14.7 Å². The molecule has 1 N–H and O–H groups in total. The van der Waals surface area contributed by atoms with Crippen LogP contribution in [0.5, 0.6) is 0 Å². The van der Waals surface area contributed by atoms with Crippen molar-refractivity contribution in [3.8, 4) is 6.07 Å². The number of nitriles is 1. The van der Waals surface area contributed by atoms with Gasteiger partial charge in [-0.25, -0.2) is 0 Å². The van der Waals surface area contributed by atoms with Crippen molar-refractivity contribution in [2.24, 2.45) is 0 Å². The van der Waals surface area contributed by atoms with Crippen molar-refractivity contribution in [1.82, 2.24) is 10.2 Å². The fraction of sp³-hybridized carbons (Fsp3) is 0.538. The quantitative estimate of drug-likeness (QED) is 0.417. The van der Waals surface area contributed by atoms with E-state index in [1.807, 2.05) is 0 Å².